The van der Waals surface area contributed by atoms with Crippen molar-refractivity contribution >= 4 is 17.2 Å². The van der Waals surface area contributed by atoms with Crippen LogP contribution in [-0.4, -0.2) is 37.0 Å². The molecule has 3 rings (SSSR count). The summed E-state index contributed by atoms with van der Waals surface area (Å²) in [5.74, 6) is 0.350. The summed E-state index contributed by atoms with van der Waals surface area (Å²) in [6.07, 6.45) is 3.54. The Bertz CT molecular complexity index is 721. The topological polar surface area (TPSA) is 41.6 Å². The van der Waals surface area contributed by atoms with Gasteiger partial charge >= 0.3 is 0 Å². The molecule has 4 nitrogen and oxygen atoms in total. The van der Waals surface area contributed by atoms with Gasteiger partial charge in [-0.2, -0.15) is 0 Å². The van der Waals surface area contributed by atoms with E-state index >= 15 is 0 Å². The monoisotopic (exact) mass is 376 g/mol. The molecule has 1 amide bonds. The second kappa shape index (κ2) is 9.14. The van der Waals surface area contributed by atoms with E-state index in [1.54, 1.807) is 23.5 Å². The van der Waals surface area contributed by atoms with Crippen LogP contribution in [0.4, 0.5) is 4.39 Å². The maximum atomic E-state index is 14.2. The van der Waals surface area contributed by atoms with Crippen molar-refractivity contribution in [3.63, 3.8) is 0 Å². The van der Waals surface area contributed by atoms with Gasteiger partial charge in [-0.15, -0.1) is 11.3 Å². The van der Waals surface area contributed by atoms with Crippen LogP contribution in [0.15, 0.2) is 35.7 Å². The number of hydrogen-bond acceptors (Lipinski definition) is 4. The molecule has 1 N–H and O–H groups in total. The number of thiophene rings is 1. The molecule has 6 heteroatoms. The molecule has 1 atom stereocenters. The molecule has 1 unspecified atom stereocenters. The lowest BCUT2D eigenvalue weighted by Crippen LogP contribution is -2.43. The molecular weight excluding hydrogens is 351 g/mol. The maximum Gasteiger partial charge on any atom is 0.225 e. The number of amides is 1. The number of benzene rings is 1. The molecule has 0 aliphatic carbocycles. The van der Waals surface area contributed by atoms with Gasteiger partial charge in [0.05, 0.1) is 13.5 Å². The Labute approximate surface area is 158 Å². The zero-order chi connectivity index (χ0) is 18.4. The fourth-order valence-electron chi connectivity index (χ4n) is 3.36. The Hall–Kier alpha value is -1.92. The van der Waals surface area contributed by atoms with Gasteiger partial charge < -0.3 is 10.1 Å². The first-order chi connectivity index (χ1) is 12.6. The molecule has 0 saturated carbocycles. The molecule has 1 fully saturated rings. The fourth-order valence-corrected chi connectivity index (χ4v) is 4.06. The summed E-state index contributed by atoms with van der Waals surface area (Å²) in [6, 6.07) is 9.05. The Morgan fingerprint density at radius 1 is 1.38 bits per heavy atom. The molecule has 1 aromatic heterocycles. The van der Waals surface area contributed by atoms with E-state index in [-0.39, 0.29) is 17.8 Å². The molecule has 0 bridgehead atoms. The van der Waals surface area contributed by atoms with E-state index in [0.717, 1.165) is 37.2 Å². The van der Waals surface area contributed by atoms with Gasteiger partial charge in [-0.25, -0.2) is 4.39 Å². The van der Waals surface area contributed by atoms with E-state index in [4.69, 9.17) is 4.74 Å². The zero-order valence-corrected chi connectivity index (χ0v) is 15.9. The molecule has 1 aliphatic heterocycles. The van der Waals surface area contributed by atoms with Crippen LogP contribution in [0, 0.1) is 5.82 Å². The third-order valence-electron chi connectivity index (χ3n) is 4.69. The third-order valence-corrected chi connectivity index (χ3v) is 5.57. The van der Waals surface area contributed by atoms with E-state index in [0.29, 0.717) is 24.3 Å². The van der Waals surface area contributed by atoms with Crippen molar-refractivity contribution in [1.29, 1.82) is 0 Å². The van der Waals surface area contributed by atoms with Crippen molar-refractivity contribution in [2.75, 3.05) is 20.2 Å². The van der Waals surface area contributed by atoms with Crippen molar-refractivity contribution in [3.05, 3.63) is 52.0 Å². The normalized spacial score (nSPS) is 18.3. The third kappa shape index (κ3) is 5.29. The first-order valence-electron chi connectivity index (χ1n) is 9.00. The van der Waals surface area contributed by atoms with Crippen LogP contribution >= 0.6 is 11.3 Å². The number of halogens is 1. The molecule has 26 heavy (non-hydrogen) atoms. The molecule has 0 radical (unpaired) electrons. The minimum Gasteiger partial charge on any atom is -0.497 e. The zero-order valence-electron chi connectivity index (χ0n) is 15.0. The van der Waals surface area contributed by atoms with Gasteiger partial charge in [0.25, 0.3) is 0 Å². The number of carbonyl (C=O) groups excluding carboxylic acids is 1. The Morgan fingerprint density at radius 2 is 2.27 bits per heavy atom. The standard InChI is InChI=1S/C20H25FN2O2S/c1-25-17-8-7-15(19(21)11-17)13-23-9-3-2-5-16(14-23)22-20(24)12-18-6-4-10-26-18/h4,6-8,10-11,16H,2-3,5,9,12-14H2,1H3,(H,22,24). The van der Waals surface area contributed by atoms with Gasteiger partial charge in [0.15, 0.2) is 0 Å². The lowest BCUT2D eigenvalue weighted by atomic mass is 10.1. The minimum atomic E-state index is -0.244. The summed E-state index contributed by atoms with van der Waals surface area (Å²) in [5.41, 5.74) is 0.663. The van der Waals surface area contributed by atoms with E-state index in [1.165, 1.54) is 13.2 Å². The summed E-state index contributed by atoms with van der Waals surface area (Å²) in [6.45, 7) is 2.22. The molecule has 1 aromatic carbocycles. The van der Waals surface area contributed by atoms with Gasteiger partial charge in [0.1, 0.15) is 11.6 Å². The van der Waals surface area contributed by atoms with Crippen molar-refractivity contribution in [3.8, 4) is 5.75 Å². The number of likely N-dealkylation sites (tertiary alicyclic amines) is 1. The fraction of sp³-hybridized carbons (Fsp3) is 0.450. The smallest absolute Gasteiger partial charge is 0.225 e. The summed E-state index contributed by atoms with van der Waals surface area (Å²) < 4.78 is 19.3. The predicted molar refractivity (Wildman–Crippen MR) is 102 cm³/mol. The average Bonchev–Trinajstić information content (AvgIpc) is 3.03. The molecule has 1 aliphatic rings. The lowest BCUT2D eigenvalue weighted by molar-refractivity contribution is -0.121. The van der Waals surface area contributed by atoms with Crippen LogP contribution in [-0.2, 0) is 17.8 Å². The Balaban J connectivity index is 1.57. The van der Waals surface area contributed by atoms with Crippen LogP contribution < -0.4 is 10.1 Å². The first kappa shape index (κ1) is 18.9. The van der Waals surface area contributed by atoms with E-state index in [1.807, 2.05) is 17.5 Å². The number of ether oxygens (including phenoxy) is 1. The molecule has 2 heterocycles. The van der Waals surface area contributed by atoms with Gasteiger partial charge in [0, 0.05) is 35.6 Å². The summed E-state index contributed by atoms with van der Waals surface area (Å²) in [7, 11) is 1.53. The van der Waals surface area contributed by atoms with Crippen LogP contribution in [0.25, 0.3) is 0 Å². The first-order valence-corrected chi connectivity index (χ1v) is 9.88. The molecule has 0 spiro atoms. The van der Waals surface area contributed by atoms with Gasteiger partial charge in [-0.05, 0) is 36.9 Å². The second-order valence-corrected chi connectivity index (χ2v) is 7.74. The van der Waals surface area contributed by atoms with Crippen LogP contribution in [0.5, 0.6) is 5.75 Å². The molecule has 140 valence electrons. The number of nitrogens with one attached hydrogen (secondary N) is 1. The number of hydrogen-bond donors (Lipinski definition) is 1. The van der Waals surface area contributed by atoms with Crippen molar-refractivity contribution in [1.82, 2.24) is 10.2 Å². The van der Waals surface area contributed by atoms with Crippen LogP contribution in [0.2, 0.25) is 0 Å². The largest absolute Gasteiger partial charge is 0.497 e. The number of carbonyl (C=O) groups is 1. The van der Waals surface area contributed by atoms with Crippen molar-refractivity contribution in [2.24, 2.45) is 0 Å². The van der Waals surface area contributed by atoms with Crippen LogP contribution in [0.3, 0.4) is 0 Å². The van der Waals surface area contributed by atoms with Gasteiger partial charge in [0.2, 0.25) is 5.91 Å². The molecule has 2 aromatic rings. The second-order valence-electron chi connectivity index (χ2n) is 6.71. The van der Waals surface area contributed by atoms with Crippen LogP contribution in [0.1, 0.15) is 29.7 Å². The van der Waals surface area contributed by atoms with E-state index in [2.05, 4.69) is 10.2 Å². The van der Waals surface area contributed by atoms with Crippen molar-refractivity contribution in [2.45, 2.75) is 38.3 Å². The molecular formula is C20H25FN2O2S. The SMILES string of the molecule is COc1ccc(CN2CCCCC(NC(=O)Cc3cccs3)C2)c(F)c1. The highest BCUT2D eigenvalue weighted by molar-refractivity contribution is 7.10. The average molecular weight is 376 g/mol. The van der Waals surface area contributed by atoms with Crippen molar-refractivity contribution < 1.29 is 13.9 Å². The van der Waals surface area contributed by atoms with Gasteiger partial charge in [-0.1, -0.05) is 18.6 Å². The van der Waals surface area contributed by atoms with E-state index < -0.39 is 0 Å². The quantitative estimate of drug-likeness (QED) is 0.837. The van der Waals surface area contributed by atoms with Gasteiger partial charge in [-0.3, -0.25) is 9.69 Å². The Morgan fingerprint density at radius 3 is 3.00 bits per heavy atom. The number of rotatable bonds is 6. The summed E-state index contributed by atoms with van der Waals surface area (Å²) >= 11 is 1.60. The number of nitrogens with zero attached hydrogens (tertiary/aromatic N) is 1. The molecule has 1 saturated heterocycles. The predicted octanol–water partition coefficient (Wildman–Crippen LogP) is 3.61. The highest BCUT2D eigenvalue weighted by Crippen LogP contribution is 2.20. The number of methoxy groups -OCH3 is 1. The lowest BCUT2D eigenvalue weighted by Gasteiger charge is -2.25. The summed E-state index contributed by atoms with van der Waals surface area (Å²) in [4.78, 5) is 15.6. The van der Waals surface area contributed by atoms with E-state index in [9.17, 15) is 9.18 Å². The highest BCUT2D eigenvalue weighted by atomic mass is 32.1. The highest BCUT2D eigenvalue weighted by Gasteiger charge is 2.21. The Kier molecular flexibility index (Phi) is 6.63. The summed E-state index contributed by atoms with van der Waals surface area (Å²) in [5, 5.41) is 5.14. The maximum absolute atomic E-state index is 14.2. The minimum absolute atomic E-state index is 0.0647.